The van der Waals surface area contributed by atoms with Crippen LogP contribution in [-0.2, 0) is 0 Å². The van der Waals surface area contributed by atoms with Crippen LogP contribution in [0.3, 0.4) is 0 Å². The van der Waals surface area contributed by atoms with Gasteiger partial charge in [0.15, 0.2) is 5.82 Å². The maximum Gasteiger partial charge on any atom is 0.323 e. The fourth-order valence-electron chi connectivity index (χ4n) is 2.87. The molecule has 1 aromatic heterocycles. The Morgan fingerprint density at radius 2 is 2.12 bits per heavy atom. The van der Waals surface area contributed by atoms with Gasteiger partial charge in [-0.3, -0.25) is 10.2 Å². The van der Waals surface area contributed by atoms with Gasteiger partial charge in [-0.25, -0.2) is 4.79 Å². The first kappa shape index (κ1) is 16.4. The molecule has 1 atom stereocenters. The van der Waals surface area contributed by atoms with Crippen molar-refractivity contribution in [1.29, 1.82) is 0 Å². The number of piperazine rings is 1. The Labute approximate surface area is 140 Å². The number of nitrogens with zero attached hydrogens (tertiary/aromatic N) is 5. The van der Waals surface area contributed by atoms with Gasteiger partial charge >= 0.3 is 6.03 Å². The average molecular weight is 330 g/mol. The van der Waals surface area contributed by atoms with E-state index in [0.717, 1.165) is 18.8 Å². The maximum absolute atomic E-state index is 12.5. The van der Waals surface area contributed by atoms with E-state index in [4.69, 9.17) is 5.11 Å². The monoisotopic (exact) mass is 330 g/mol. The SMILES string of the molecule is CC1CN(CCO)CCN1C(=O)Nc1cnn(-c2ccccc2)n1. The number of para-hydroxylation sites is 1. The van der Waals surface area contributed by atoms with Crippen LogP contribution in [0, 0.1) is 0 Å². The molecular weight excluding hydrogens is 308 g/mol. The lowest BCUT2D eigenvalue weighted by Gasteiger charge is -2.39. The molecule has 3 rings (SSSR count). The highest BCUT2D eigenvalue weighted by Crippen LogP contribution is 2.12. The highest BCUT2D eigenvalue weighted by Gasteiger charge is 2.27. The fraction of sp³-hybridized carbons (Fsp3) is 0.438. The third-order valence-electron chi connectivity index (χ3n) is 4.10. The minimum absolute atomic E-state index is 0.0782. The van der Waals surface area contributed by atoms with Gasteiger partial charge in [-0.1, -0.05) is 18.2 Å². The van der Waals surface area contributed by atoms with Gasteiger partial charge in [0, 0.05) is 32.2 Å². The molecule has 2 amide bonds. The molecule has 128 valence electrons. The topological polar surface area (TPSA) is 86.5 Å². The first-order valence-electron chi connectivity index (χ1n) is 8.06. The summed E-state index contributed by atoms with van der Waals surface area (Å²) in [5, 5.41) is 20.3. The summed E-state index contributed by atoms with van der Waals surface area (Å²) in [6.07, 6.45) is 1.54. The van der Waals surface area contributed by atoms with E-state index in [-0.39, 0.29) is 18.7 Å². The Balaban J connectivity index is 1.60. The lowest BCUT2D eigenvalue weighted by Crippen LogP contribution is -2.55. The highest BCUT2D eigenvalue weighted by molar-refractivity contribution is 5.88. The van der Waals surface area contributed by atoms with Crippen molar-refractivity contribution in [2.45, 2.75) is 13.0 Å². The number of carbonyl (C=O) groups excluding carboxylic acids is 1. The summed E-state index contributed by atoms with van der Waals surface area (Å²) < 4.78 is 0. The Kier molecular flexibility index (Phi) is 5.07. The van der Waals surface area contributed by atoms with Crippen LogP contribution in [0.25, 0.3) is 5.69 Å². The van der Waals surface area contributed by atoms with Crippen molar-refractivity contribution in [3.8, 4) is 5.69 Å². The second-order valence-corrected chi connectivity index (χ2v) is 5.85. The van der Waals surface area contributed by atoms with Crippen LogP contribution in [0.1, 0.15) is 6.92 Å². The summed E-state index contributed by atoms with van der Waals surface area (Å²) >= 11 is 0. The number of aliphatic hydroxyl groups excluding tert-OH is 1. The standard InChI is InChI=1S/C16H22N6O2/c1-13-12-20(9-10-23)7-8-21(13)16(24)18-15-11-17-22(19-15)14-5-3-2-4-6-14/h2-6,11,13,23H,7-10,12H2,1H3,(H,18,19,24). The van der Waals surface area contributed by atoms with Crippen molar-refractivity contribution >= 4 is 11.8 Å². The fourth-order valence-corrected chi connectivity index (χ4v) is 2.87. The summed E-state index contributed by atoms with van der Waals surface area (Å²) in [5.74, 6) is 0.425. The Bertz CT molecular complexity index is 674. The molecule has 1 fully saturated rings. The van der Waals surface area contributed by atoms with Gasteiger partial charge in [-0.2, -0.15) is 5.10 Å². The number of aromatic nitrogens is 3. The second kappa shape index (κ2) is 7.41. The van der Waals surface area contributed by atoms with Crippen LogP contribution in [0.2, 0.25) is 0 Å². The van der Waals surface area contributed by atoms with Crippen LogP contribution in [0.15, 0.2) is 36.5 Å². The quantitative estimate of drug-likeness (QED) is 0.866. The molecule has 1 unspecified atom stereocenters. The van der Waals surface area contributed by atoms with Crippen LogP contribution in [0.5, 0.6) is 0 Å². The van der Waals surface area contributed by atoms with Gasteiger partial charge in [0.25, 0.3) is 0 Å². The molecule has 0 aliphatic carbocycles. The molecule has 8 heteroatoms. The molecule has 0 bridgehead atoms. The summed E-state index contributed by atoms with van der Waals surface area (Å²) in [7, 11) is 0. The molecule has 24 heavy (non-hydrogen) atoms. The summed E-state index contributed by atoms with van der Waals surface area (Å²) in [6.45, 7) is 4.93. The number of nitrogens with one attached hydrogen (secondary N) is 1. The number of carbonyl (C=O) groups is 1. The smallest absolute Gasteiger partial charge is 0.323 e. The molecule has 1 aliphatic heterocycles. The highest BCUT2D eigenvalue weighted by atomic mass is 16.3. The normalized spacial score (nSPS) is 18.6. The number of aliphatic hydroxyl groups is 1. The van der Waals surface area contributed by atoms with E-state index < -0.39 is 0 Å². The van der Waals surface area contributed by atoms with E-state index in [0.29, 0.717) is 18.9 Å². The molecule has 0 saturated carbocycles. The molecule has 1 aliphatic rings. The number of benzene rings is 1. The Morgan fingerprint density at radius 1 is 1.33 bits per heavy atom. The molecular formula is C16H22N6O2. The van der Waals surface area contributed by atoms with Crippen molar-refractivity contribution in [3.63, 3.8) is 0 Å². The molecule has 8 nitrogen and oxygen atoms in total. The molecule has 2 heterocycles. The van der Waals surface area contributed by atoms with Crippen LogP contribution >= 0.6 is 0 Å². The van der Waals surface area contributed by atoms with E-state index in [1.807, 2.05) is 37.3 Å². The Hall–Kier alpha value is -2.45. The number of urea groups is 1. The minimum Gasteiger partial charge on any atom is -0.395 e. The zero-order valence-electron chi connectivity index (χ0n) is 13.7. The predicted octanol–water partition coefficient (Wildman–Crippen LogP) is 0.798. The second-order valence-electron chi connectivity index (χ2n) is 5.85. The molecule has 0 spiro atoms. The molecule has 1 saturated heterocycles. The van der Waals surface area contributed by atoms with Gasteiger partial charge < -0.3 is 10.0 Å². The largest absolute Gasteiger partial charge is 0.395 e. The minimum atomic E-state index is -0.175. The van der Waals surface area contributed by atoms with Gasteiger partial charge in [0.1, 0.15) is 0 Å². The average Bonchev–Trinajstić information content (AvgIpc) is 3.04. The molecule has 2 N–H and O–H groups in total. The number of hydrogen-bond donors (Lipinski definition) is 2. The predicted molar refractivity (Wildman–Crippen MR) is 90.1 cm³/mol. The van der Waals surface area contributed by atoms with Crippen molar-refractivity contribution < 1.29 is 9.90 Å². The third-order valence-corrected chi connectivity index (χ3v) is 4.10. The van der Waals surface area contributed by atoms with Crippen molar-refractivity contribution in [1.82, 2.24) is 24.8 Å². The van der Waals surface area contributed by atoms with E-state index in [1.165, 1.54) is 11.0 Å². The first-order chi connectivity index (χ1) is 11.7. The van der Waals surface area contributed by atoms with Gasteiger partial charge in [0.05, 0.1) is 18.5 Å². The van der Waals surface area contributed by atoms with Gasteiger partial charge in [-0.05, 0) is 19.1 Å². The lowest BCUT2D eigenvalue weighted by molar-refractivity contribution is 0.0941. The molecule has 0 radical (unpaired) electrons. The number of rotatable bonds is 4. The lowest BCUT2D eigenvalue weighted by atomic mass is 10.2. The number of β-amino-alcohol motifs (C(OH)–C–C–N with tert-alkyl or cyclic N) is 1. The number of hydrogen-bond acceptors (Lipinski definition) is 5. The summed E-state index contributed by atoms with van der Waals surface area (Å²) in [6, 6.07) is 9.44. The van der Waals surface area contributed by atoms with E-state index in [1.54, 1.807) is 4.90 Å². The number of amides is 2. The number of anilines is 1. The summed E-state index contributed by atoms with van der Waals surface area (Å²) in [5.41, 5.74) is 0.837. The zero-order chi connectivity index (χ0) is 16.9. The van der Waals surface area contributed by atoms with Crippen LogP contribution in [0.4, 0.5) is 10.6 Å². The van der Waals surface area contributed by atoms with E-state index in [2.05, 4.69) is 20.4 Å². The Morgan fingerprint density at radius 3 is 2.83 bits per heavy atom. The van der Waals surface area contributed by atoms with Crippen molar-refractivity contribution in [3.05, 3.63) is 36.5 Å². The van der Waals surface area contributed by atoms with Gasteiger partial charge in [0.2, 0.25) is 0 Å². The molecule has 1 aromatic carbocycles. The third kappa shape index (κ3) is 3.72. The van der Waals surface area contributed by atoms with Crippen molar-refractivity contribution in [2.24, 2.45) is 0 Å². The van der Waals surface area contributed by atoms with Crippen LogP contribution in [-0.4, -0.2) is 74.8 Å². The van der Waals surface area contributed by atoms with E-state index >= 15 is 0 Å². The van der Waals surface area contributed by atoms with Crippen LogP contribution < -0.4 is 5.32 Å². The molecule has 2 aromatic rings. The summed E-state index contributed by atoms with van der Waals surface area (Å²) in [4.78, 5) is 17.9. The maximum atomic E-state index is 12.5. The first-order valence-corrected chi connectivity index (χ1v) is 8.06. The van der Waals surface area contributed by atoms with Crippen molar-refractivity contribution in [2.75, 3.05) is 38.1 Å². The zero-order valence-corrected chi connectivity index (χ0v) is 13.7. The van der Waals surface area contributed by atoms with Gasteiger partial charge in [-0.15, -0.1) is 9.90 Å². The van der Waals surface area contributed by atoms with E-state index in [9.17, 15) is 4.79 Å².